The van der Waals surface area contributed by atoms with Crippen LogP contribution in [-0.4, -0.2) is 20.5 Å². The predicted molar refractivity (Wildman–Crippen MR) is 92.6 cm³/mol. The van der Waals surface area contributed by atoms with Gasteiger partial charge in [-0.1, -0.05) is 58.1 Å². The number of rotatable bonds is 15. The second kappa shape index (κ2) is 16.0. The van der Waals surface area contributed by atoms with Gasteiger partial charge in [0, 0.05) is 14.2 Å². The summed E-state index contributed by atoms with van der Waals surface area (Å²) in [7, 11) is 3.42. The third-order valence-corrected chi connectivity index (χ3v) is 4.27. The summed E-state index contributed by atoms with van der Waals surface area (Å²) in [5.41, 5.74) is 0. The number of ether oxygens (including phenoxy) is 2. The second-order valence-corrected chi connectivity index (χ2v) is 6.16. The van der Waals surface area contributed by atoms with Gasteiger partial charge < -0.3 is 9.47 Å². The van der Waals surface area contributed by atoms with Crippen LogP contribution in [0.1, 0.15) is 84.5 Å². The molecule has 0 saturated heterocycles. The van der Waals surface area contributed by atoms with Crippen molar-refractivity contribution in [1.82, 2.24) is 0 Å². The van der Waals surface area contributed by atoms with E-state index in [-0.39, 0.29) is 6.29 Å². The quantitative estimate of drug-likeness (QED) is 0.206. The highest BCUT2D eigenvalue weighted by molar-refractivity contribution is 4.81. The zero-order valence-electron chi connectivity index (χ0n) is 14.9. The molecule has 2 heteroatoms. The lowest BCUT2D eigenvalue weighted by atomic mass is 10.0. The van der Waals surface area contributed by atoms with E-state index in [9.17, 15) is 0 Å². The summed E-state index contributed by atoms with van der Waals surface area (Å²) < 4.78 is 10.4. The van der Waals surface area contributed by atoms with Gasteiger partial charge in [0.2, 0.25) is 0 Å². The molecule has 0 amide bonds. The van der Waals surface area contributed by atoms with Crippen LogP contribution >= 0.6 is 0 Å². The van der Waals surface area contributed by atoms with Gasteiger partial charge in [0.05, 0.1) is 0 Å². The molecule has 0 aliphatic carbocycles. The topological polar surface area (TPSA) is 18.5 Å². The van der Waals surface area contributed by atoms with Crippen LogP contribution in [-0.2, 0) is 9.47 Å². The van der Waals surface area contributed by atoms with Gasteiger partial charge in [-0.25, -0.2) is 0 Å². The highest BCUT2D eigenvalue weighted by Gasteiger charge is 2.03. The molecule has 0 unspecified atom stereocenters. The molecule has 0 aromatic heterocycles. The van der Waals surface area contributed by atoms with Crippen LogP contribution in [0.3, 0.4) is 0 Å². The maximum atomic E-state index is 5.18. The van der Waals surface area contributed by atoms with Crippen LogP contribution in [0.2, 0.25) is 0 Å². The number of hydrogen-bond donors (Lipinski definition) is 0. The smallest absolute Gasteiger partial charge is 0.156 e. The van der Waals surface area contributed by atoms with E-state index in [2.05, 4.69) is 26.0 Å². The van der Waals surface area contributed by atoms with E-state index in [1.165, 1.54) is 64.2 Å². The van der Waals surface area contributed by atoms with Gasteiger partial charge in [-0.3, -0.25) is 0 Å². The fourth-order valence-electron chi connectivity index (χ4n) is 2.45. The summed E-state index contributed by atoms with van der Waals surface area (Å²) in [5, 5.41) is 0. The van der Waals surface area contributed by atoms with E-state index in [1.54, 1.807) is 14.2 Å². The molecule has 0 N–H and O–H groups in total. The Bertz CT molecular complexity index is 222. The first-order chi connectivity index (χ1) is 10.2. The number of unbranched alkanes of at least 4 members (excludes halogenated alkanes) is 6. The van der Waals surface area contributed by atoms with E-state index < -0.39 is 0 Å². The minimum atomic E-state index is -0.0136. The molecule has 0 fully saturated rings. The fraction of sp³-hybridized carbons (Fsp3) is 0.895. The van der Waals surface area contributed by atoms with Gasteiger partial charge in [-0.2, -0.15) is 0 Å². The lowest BCUT2D eigenvalue weighted by Crippen LogP contribution is -2.12. The first-order valence-electron chi connectivity index (χ1n) is 8.95. The summed E-state index contributed by atoms with van der Waals surface area (Å²) >= 11 is 0. The van der Waals surface area contributed by atoms with Crippen molar-refractivity contribution in [3.63, 3.8) is 0 Å². The average Bonchev–Trinajstić information content (AvgIpc) is 2.51. The number of allylic oxidation sites excluding steroid dienone is 2. The lowest BCUT2D eigenvalue weighted by molar-refractivity contribution is -0.107. The molecule has 126 valence electrons. The highest BCUT2D eigenvalue weighted by atomic mass is 16.7. The second-order valence-electron chi connectivity index (χ2n) is 6.16. The first kappa shape index (κ1) is 20.7. The predicted octanol–water partition coefficient (Wildman–Crippen LogP) is 6.11. The van der Waals surface area contributed by atoms with E-state index in [4.69, 9.17) is 9.47 Å². The zero-order chi connectivity index (χ0) is 15.8. The van der Waals surface area contributed by atoms with E-state index >= 15 is 0 Å². The summed E-state index contributed by atoms with van der Waals surface area (Å²) in [4.78, 5) is 0. The monoisotopic (exact) mass is 298 g/mol. The summed E-state index contributed by atoms with van der Waals surface area (Å²) in [6, 6.07) is 0. The van der Waals surface area contributed by atoms with Crippen molar-refractivity contribution >= 4 is 0 Å². The Labute approximate surface area is 133 Å². The molecule has 0 aliphatic rings. The Morgan fingerprint density at radius 3 is 1.86 bits per heavy atom. The summed E-state index contributed by atoms with van der Waals surface area (Å²) in [5.74, 6) is 0.907. The number of hydrogen-bond acceptors (Lipinski definition) is 2. The normalized spacial score (nSPS) is 13.4. The average molecular weight is 299 g/mol. The molecule has 0 saturated carbocycles. The number of methoxy groups -OCH3 is 2. The molecule has 0 heterocycles. The Kier molecular flexibility index (Phi) is 15.8. The van der Waals surface area contributed by atoms with Gasteiger partial charge in [0.15, 0.2) is 6.29 Å². The molecule has 2 nitrogen and oxygen atoms in total. The molecule has 1 atom stereocenters. The summed E-state index contributed by atoms with van der Waals surface area (Å²) in [6.07, 6.45) is 18.8. The van der Waals surface area contributed by atoms with Crippen LogP contribution in [0.25, 0.3) is 0 Å². The van der Waals surface area contributed by atoms with Crippen molar-refractivity contribution in [3.05, 3.63) is 12.2 Å². The molecule has 0 rings (SSSR count). The van der Waals surface area contributed by atoms with Crippen molar-refractivity contribution in [1.29, 1.82) is 0 Å². The summed E-state index contributed by atoms with van der Waals surface area (Å²) in [6.45, 7) is 4.65. The minimum Gasteiger partial charge on any atom is -0.356 e. The molecule has 0 aromatic rings. The highest BCUT2D eigenvalue weighted by Crippen LogP contribution is 2.13. The van der Waals surface area contributed by atoms with Gasteiger partial charge >= 0.3 is 0 Å². The van der Waals surface area contributed by atoms with Crippen LogP contribution in [0.5, 0.6) is 0 Å². The molecular weight excluding hydrogens is 260 g/mol. The Balaban J connectivity index is 3.22. The third kappa shape index (κ3) is 14.4. The van der Waals surface area contributed by atoms with Crippen molar-refractivity contribution in [2.45, 2.75) is 90.8 Å². The fourth-order valence-corrected chi connectivity index (χ4v) is 2.45. The van der Waals surface area contributed by atoms with Crippen molar-refractivity contribution in [3.8, 4) is 0 Å². The minimum absolute atomic E-state index is 0.0136. The Morgan fingerprint density at radius 2 is 1.29 bits per heavy atom. The molecule has 0 radical (unpaired) electrons. The SMILES string of the molecule is CC[C@@H](C)CCCC/C=C/CCCCCCC(OC)OC. The Hall–Kier alpha value is -0.340. The molecule has 0 aliphatic heterocycles. The van der Waals surface area contributed by atoms with Gasteiger partial charge in [0.25, 0.3) is 0 Å². The van der Waals surface area contributed by atoms with Gasteiger partial charge in [0.1, 0.15) is 0 Å². The van der Waals surface area contributed by atoms with Crippen LogP contribution in [0.15, 0.2) is 12.2 Å². The van der Waals surface area contributed by atoms with E-state index in [0.717, 1.165) is 12.3 Å². The third-order valence-electron chi connectivity index (χ3n) is 4.27. The van der Waals surface area contributed by atoms with Crippen molar-refractivity contribution in [2.75, 3.05) is 14.2 Å². The molecule has 0 bridgehead atoms. The van der Waals surface area contributed by atoms with Crippen molar-refractivity contribution < 1.29 is 9.47 Å². The zero-order valence-corrected chi connectivity index (χ0v) is 14.9. The van der Waals surface area contributed by atoms with Crippen molar-refractivity contribution in [2.24, 2.45) is 5.92 Å². The van der Waals surface area contributed by atoms with Crippen LogP contribution in [0, 0.1) is 5.92 Å². The maximum absolute atomic E-state index is 5.18. The van der Waals surface area contributed by atoms with Crippen LogP contribution < -0.4 is 0 Å². The van der Waals surface area contributed by atoms with E-state index in [0.29, 0.717) is 0 Å². The molecule has 0 aromatic carbocycles. The van der Waals surface area contributed by atoms with Gasteiger partial charge in [-0.15, -0.1) is 0 Å². The molecular formula is C19H38O2. The van der Waals surface area contributed by atoms with E-state index in [1.807, 2.05) is 0 Å². The molecule has 0 spiro atoms. The first-order valence-corrected chi connectivity index (χ1v) is 8.95. The molecule has 21 heavy (non-hydrogen) atoms. The largest absolute Gasteiger partial charge is 0.356 e. The van der Waals surface area contributed by atoms with Crippen LogP contribution in [0.4, 0.5) is 0 Å². The standard InChI is InChI=1S/C19H38O2/c1-5-18(2)16-14-12-10-8-6-7-9-11-13-15-17-19(20-3)21-4/h6,8,18-19H,5,7,9-17H2,1-4H3/b8-6+/t18-/m1/s1. The lowest BCUT2D eigenvalue weighted by Gasteiger charge is -2.12. The van der Waals surface area contributed by atoms with Gasteiger partial charge in [-0.05, 0) is 44.4 Å². The Morgan fingerprint density at radius 1 is 0.762 bits per heavy atom. The maximum Gasteiger partial charge on any atom is 0.156 e.